The lowest BCUT2D eigenvalue weighted by Gasteiger charge is -2.30. The molecule has 2 aromatic carbocycles. The molecule has 0 unspecified atom stereocenters. The van der Waals surface area contributed by atoms with E-state index in [9.17, 15) is 9.90 Å². The molecule has 164 valence electrons. The van der Waals surface area contributed by atoms with Crippen LogP contribution in [0.25, 0.3) is 0 Å². The zero-order valence-corrected chi connectivity index (χ0v) is 19.0. The van der Waals surface area contributed by atoms with Crippen LogP contribution < -0.4 is 14.8 Å². The second-order valence-electron chi connectivity index (χ2n) is 8.82. The maximum Gasteiger partial charge on any atom is 0.412 e. The first-order chi connectivity index (χ1) is 14.2. The predicted octanol–water partition coefficient (Wildman–Crippen LogP) is 5.29. The molecule has 0 saturated carbocycles. The van der Waals surface area contributed by atoms with Gasteiger partial charge >= 0.3 is 6.09 Å². The molecule has 0 aliphatic heterocycles. The molecular formula is C25H35NO4. The van der Waals surface area contributed by atoms with Gasteiger partial charge in [-0.2, -0.15) is 0 Å². The smallest absolute Gasteiger partial charge is 0.412 e. The molecule has 2 aromatic rings. The average molecular weight is 414 g/mol. The van der Waals surface area contributed by atoms with Gasteiger partial charge in [0.15, 0.2) is 0 Å². The fraction of sp³-hybridized carbons (Fsp3) is 0.480. The van der Waals surface area contributed by atoms with Crippen LogP contribution in [-0.4, -0.2) is 24.4 Å². The zero-order chi connectivity index (χ0) is 22.3. The second kappa shape index (κ2) is 10.5. The highest BCUT2D eigenvalue weighted by atomic mass is 16.6. The maximum atomic E-state index is 12.4. The number of carbonyl (C=O) groups is 1. The molecule has 30 heavy (non-hydrogen) atoms. The third kappa shape index (κ3) is 6.23. The van der Waals surface area contributed by atoms with Crippen LogP contribution in [0.4, 0.5) is 4.79 Å². The first-order valence-corrected chi connectivity index (χ1v) is 10.5. The molecule has 0 aliphatic carbocycles. The zero-order valence-electron chi connectivity index (χ0n) is 19.0. The number of hydrogen-bond donors (Lipinski definition) is 2. The van der Waals surface area contributed by atoms with Crippen molar-refractivity contribution in [3.63, 3.8) is 0 Å². The van der Waals surface area contributed by atoms with Gasteiger partial charge in [-0.25, -0.2) is 4.79 Å². The van der Waals surface area contributed by atoms with Crippen LogP contribution in [-0.2, 0) is 12.0 Å². The fourth-order valence-corrected chi connectivity index (χ4v) is 3.63. The molecule has 0 bridgehead atoms. The summed E-state index contributed by atoms with van der Waals surface area (Å²) < 4.78 is 11.9. The number of carbonyl (C=O) groups excluding carboxylic acids is 1. The Balaban J connectivity index is 2.40. The Morgan fingerprint density at radius 2 is 1.83 bits per heavy atom. The van der Waals surface area contributed by atoms with Crippen LogP contribution in [0.1, 0.15) is 56.4 Å². The topological polar surface area (TPSA) is 67.8 Å². The fourth-order valence-electron chi connectivity index (χ4n) is 3.63. The van der Waals surface area contributed by atoms with E-state index in [4.69, 9.17) is 9.47 Å². The Bertz CT molecular complexity index is 844. The molecular weight excluding hydrogens is 378 g/mol. The lowest BCUT2D eigenvalue weighted by atomic mass is 9.78. The van der Waals surface area contributed by atoms with Crippen LogP contribution in [0.5, 0.6) is 11.5 Å². The summed E-state index contributed by atoms with van der Waals surface area (Å²) in [7, 11) is 0. The number of aryl methyl sites for hydroxylation is 1. The molecule has 2 rings (SSSR count). The molecule has 0 saturated heterocycles. The molecule has 0 aromatic heterocycles. The van der Waals surface area contributed by atoms with Gasteiger partial charge in [0.25, 0.3) is 0 Å². The molecule has 0 spiro atoms. The Morgan fingerprint density at radius 3 is 2.43 bits per heavy atom. The SMILES string of the molecule is Cc1cc(OC(=O)NCC(C)C)c(C(C)(C)CCO)c(C)c1OCc1ccccc1. The average Bonchev–Trinajstić information content (AvgIpc) is 2.66. The van der Waals surface area contributed by atoms with Crippen molar-refractivity contribution < 1.29 is 19.4 Å². The molecule has 0 aliphatic rings. The summed E-state index contributed by atoms with van der Waals surface area (Å²) in [5.74, 6) is 1.63. The molecule has 0 atom stereocenters. The number of amides is 1. The van der Waals surface area contributed by atoms with Crippen LogP contribution in [0.3, 0.4) is 0 Å². The highest BCUT2D eigenvalue weighted by Crippen LogP contribution is 2.42. The highest BCUT2D eigenvalue weighted by Gasteiger charge is 2.30. The summed E-state index contributed by atoms with van der Waals surface area (Å²) in [6.07, 6.45) is 0.0698. The van der Waals surface area contributed by atoms with E-state index in [-0.39, 0.29) is 6.61 Å². The van der Waals surface area contributed by atoms with E-state index in [0.29, 0.717) is 31.2 Å². The molecule has 1 amide bonds. The van der Waals surface area contributed by atoms with E-state index >= 15 is 0 Å². The highest BCUT2D eigenvalue weighted by molar-refractivity contribution is 5.72. The number of ether oxygens (including phenoxy) is 2. The Morgan fingerprint density at radius 1 is 1.17 bits per heavy atom. The van der Waals surface area contributed by atoms with Crippen LogP contribution >= 0.6 is 0 Å². The number of nitrogens with one attached hydrogen (secondary N) is 1. The van der Waals surface area contributed by atoms with E-state index < -0.39 is 11.5 Å². The minimum Gasteiger partial charge on any atom is -0.488 e. The summed E-state index contributed by atoms with van der Waals surface area (Å²) in [6, 6.07) is 11.9. The van der Waals surface area contributed by atoms with Crippen molar-refractivity contribution in [3.8, 4) is 11.5 Å². The van der Waals surface area contributed by atoms with Gasteiger partial charge in [0.05, 0.1) is 0 Å². The number of rotatable bonds is 9. The largest absolute Gasteiger partial charge is 0.488 e. The third-order valence-corrected chi connectivity index (χ3v) is 5.16. The molecule has 2 N–H and O–H groups in total. The normalized spacial score (nSPS) is 11.5. The predicted molar refractivity (Wildman–Crippen MR) is 120 cm³/mol. The van der Waals surface area contributed by atoms with Gasteiger partial charge in [-0.15, -0.1) is 0 Å². The first kappa shape index (κ1) is 23.7. The minimum atomic E-state index is -0.471. The van der Waals surface area contributed by atoms with E-state index in [2.05, 4.69) is 5.32 Å². The number of hydrogen-bond acceptors (Lipinski definition) is 4. The van der Waals surface area contributed by atoms with Gasteiger partial charge in [-0.3, -0.25) is 0 Å². The molecule has 5 heteroatoms. The molecule has 0 radical (unpaired) electrons. The van der Waals surface area contributed by atoms with Gasteiger partial charge in [0.1, 0.15) is 18.1 Å². The third-order valence-electron chi connectivity index (χ3n) is 5.16. The Labute approximate surface area is 180 Å². The number of benzene rings is 2. The molecule has 0 fully saturated rings. The van der Waals surface area contributed by atoms with Crippen molar-refractivity contribution in [2.24, 2.45) is 5.92 Å². The first-order valence-electron chi connectivity index (χ1n) is 10.5. The molecule has 5 nitrogen and oxygen atoms in total. The quantitative estimate of drug-likeness (QED) is 0.586. The lowest BCUT2D eigenvalue weighted by Crippen LogP contribution is -2.31. The van der Waals surface area contributed by atoms with E-state index in [1.165, 1.54) is 0 Å². The maximum absolute atomic E-state index is 12.4. The van der Waals surface area contributed by atoms with Crippen LogP contribution in [0.2, 0.25) is 0 Å². The van der Waals surface area contributed by atoms with Crippen molar-refractivity contribution in [1.29, 1.82) is 0 Å². The van der Waals surface area contributed by atoms with Gasteiger partial charge in [0.2, 0.25) is 0 Å². The minimum absolute atomic E-state index is 0.0412. The Hall–Kier alpha value is -2.53. The summed E-state index contributed by atoms with van der Waals surface area (Å²) >= 11 is 0. The number of aliphatic hydroxyl groups is 1. The van der Waals surface area contributed by atoms with Gasteiger partial charge in [0, 0.05) is 18.7 Å². The van der Waals surface area contributed by atoms with Crippen LogP contribution in [0.15, 0.2) is 36.4 Å². The van der Waals surface area contributed by atoms with Crippen molar-refractivity contribution in [1.82, 2.24) is 5.32 Å². The van der Waals surface area contributed by atoms with Crippen LogP contribution in [0, 0.1) is 19.8 Å². The van der Waals surface area contributed by atoms with Gasteiger partial charge in [-0.05, 0) is 54.4 Å². The Kier molecular flexibility index (Phi) is 8.30. The standard InChI is InChI=1S/C25H35NO4/c1-17(2)15-26-24(28)30-21-14-18(3)23(29-16-20-10-8-7-9-11-20)19(4)22(21)25(5,6)12-13-27/h7-11,14,17,27H,12-13,15-16H2,1-6H3,(H,26,28). The van der Waals surface area contributed by atoms with Crippen molar-refractivity contribution in [2.75, 3.05) is 13.2 Å². The van der Waals surface area contributed by atoms with Crippen molar-refractivity contribution in [3.05, 3.63) is 58.7 Å². The second-order valence-corrected chi connectivity index (χ2v) is 8.82. The molecule has 0 heterocycles. The number of aliphatic hydroxyl groups excluding tert-OH is 1. The summed E-state index contributed by atoms with van der Waals surface area (Å²) in [5.41, 5.74) is 3.39. The monoisotopic (exact) mass is 413 g/mol. The lowest BCUT2D eigenvalue weighted by molar-refractivity contribution is 0.197. The summed E-state index contributed by atoms with van der Waals surface area (Å²) in [6.45, 7) is 13.1. The summed E-state index contributed by atoms with van der Waals surface area (Å²) in [4.78, 5) is 12.4. The van der Waals surface area contributed by atoms with E-state index in [1.54, 1.807) is 0 Å². The van der Waals surface area contributed by atoms with E-state index in [0.717, 1.165) is 28.0 Å². The van der Waals surface area contributed by atoms with Crippen molar-refractivity contribution in [2.45, 2.75) is 60.0 Å². The van der Waals surface area contributed by atoms with E-state index in [1.807, 2.05) is 77.9 Å². The summed E-state index contributed by atoms with van der Waals surface area (Å²) in [5, 5.41) is 12.4. The van der Waals surface area contributed by atoms with Gasteiger partial charge < -0.3 is 19.9 Å². The van der Waals surface area contributed by atoms with Crippen molar-refractivity contribution >= 4 is 6.09 Å². The van der Waals surface area contributed by atoms with Gasteiger partial charge in [-0.1, -0.05) is 58.0 Å².